The molecule has 0 amide bonds. The number of piperazine rings is 1. The Labute approximate surface area is 178 Å². The Bertz CT molecular complexity index is 1010. The van der Waals surface area contributed by atoms with E-state index in [1.54, 1.807) is 6.33 Å². The smallest absolute Gasteiger partial charge is 0.138 e. The van der Waals surface area contributed by atoms with Crippen LogP contribution in [0.3, 0.4) is 0 Å². The fourth-order valence-electron chi connectivity index (χ4n) is 4.30. The van der Waals surface area contributed by atoms with Crippen molar-refractivity contribution < 1.29 is 0 Å². The topological polar surface area (TPSA) is 35.5 Å². The number of benzene rings is 2. The normalized spacial score (nSPS) is 16.9. The molecule has 30 heavy (non-hydrogen) atoms. The molecule has 2 aliphatic heterocycles. The zero-order chi connectivity index (χ0) is 20.2. The molecule has 5 rings (SSSR count). The van der Waals surface area contributed by atoms with Gasteiger partial charge in [0.2, 0.25) is 0 Å². The van der Waals surface area contributed by atoms with Crippen molar-refractivity contribution in [1.82, 2.24) is 14.9 Å². The molecule has 0 radical (unpaired) electrons. The lowest BCUT2D eigenvalue weighted by atomic mass is 10.2. The van der Waals surface area contributed by atoms with Crippen molar-refractivity contribution in [2.75, 3.05) is 49.1 Å². The predicted molar refractivity (Wildman–Crippen MR) is 123 cm³/mol. The SMILES string of the molecule is C(=C\c1ccccc1)/CN1CCN(c2cc(N3CCc4ccccc43)ncn2)CC1. The highest BCUT2D eigenvalue weighted by atomic mass is 15.3. The number of rotatable bonds is 5. The molecule has 1 saturated heterocycles. The Balaban J connectivity index is 1.20. The first-order valence-corrected chi connectivity index (χ1v) is 10.7. The number of anilines is 3. The molecule has 0 aliphatic carbocycles. The van der Waals surface area contributed by atoms with E-state index in [-0.39, 0.29) is 0 Å². The van der Waals surface area contributed by atoms with Crippen LogP contribution in [0, 0.1) is 0 Å². The third-order valence-corrected chi connectivity index (χ3v) is 5.97. The molecule has 152 valence electrons. The molecule has 2 aliphatic rings. The van der Waals surface area contributed by atoms with Crippen molar-refractivity contribution in [2.24, 2.45) is 0 Å². The molecule has 0 N–H and O–H groups in total. The van der Waals surface area contributed by atoms with E-state index in [1.807, 2.05) is 0 Å². The average molecular weight is 398 g/mol. The van der Waals surface area contributed by atoms with Gasteiger partial charge in [0.25, 0.3) is 0 Å². The number of nitrogens with zero attached hydrogens (tertiary/aromatic N) is 5. The molecule has 5 nitrogen and oxygen atoms in total. The Morgan fingerprint density at radius 1 is 0.800 bits per heavy atom. The first kappa shape index (κ1) is 18.8. The first-order chi connectivity index (χ1) is 14.9. The number of hydrogen-bond donors (Lipinski definition) is 0. The van der Waals surface area contributed by atoms with Crippen LogP contribution >= 0.6 is 0 Å². The maximum atomic E-state index is 4.57. The van der Waals surface area contributed by atoms with Gasteiger partial charge in [-0.3, -0.25) is 4.90 Å². The van der Waals surface area contributed by atoms with Crippen molar-refractivity contribution in [2.45, 2.75) is 6.42 Å². The lowest BCUT2D eigenvalue weighted by molar-refractivity contribution is 0.283. The number of fused-ring (bicyclic) bond motifs is 1. The van der Waals surface area contributed by atoms with Gasteiger partial charge in [-0.2, -0.15) is 0 Å². The molecule has 0 spiro atoms. The van der Waals surface area contributed by atoms with Gasteiger partial charge in [-0.15, -0.1) is 0 Å². The van der Waals surface area contributed by atoms with E-state index >= 15 is 0 Å². The van der Waals surface area contributed by atoms with Gasteiger partial charge in [-0.1, -0.05) is 60.7 Å². The molecular formula is C25H27N5. The summed E-state index contributed by atoms with van der Waals surface area (Å²) in [5.41, 5.74) is 3.93. The van der Waals surface area contributed by atoms with Gasteiger partial charge in [-0.25, -0.2) is 9.97 Å². The second-order valence-electron chi connectivity index (χ2n) is 7.87. The monoisotopic (exact) mass is 397 g/mol. The highest BCUT2D eigenvalue weighted by Gasteiger charge is 2.23. The summed E-state index contributed by atoms with van der Waals surface area (Å²) in [6, 6.07) is 21.2. The Morgan fingerprint density at radius 2 is 1.57 bits per heavy atom. The van der Waals surface area contributed by atoms with E-state index in [4.69, 9.17) is 0 Å². The van der Waals surface area contributed by atoms with E-state index in [9.17, 15) is 0 Å². The fraction of sp³-hybridized carbons (Fsp3) is 0.280. The standard InChI is InChI=1S/C25H27N5/c1-2-7-21(8-3-1)9-6-13-28-15-17-29(18-16-28)24-19-25(27-20-26-24)30-14-12-22-10-4-5-11-23(22)30/h1-11,19-20H,12-18H2/b9-6+. The number of para-hydroxylation sites is 1. The minimum absolute atomic E-state index is 0.983. The minimum atomic E-state index is 0.983. The molecule has 1 aromatic heterocycles. The average Bonchev–Trinajstić information content (AvgIpc) is 3.25. The molecule has 0 saturated carbocycles. The minimum Gasteiger partial charge on any atom is -0.354 e. The summed E-state index contributed by atoms with van der Waals surface area (Å²) in [5, 5.41) is 0. The molecule has 3 aromatic rings. The van der Waals surface area contributed by atoms with Crippen LogP contribution in [0.1, 0.15) is 11.1 Å². The maximum absolute atomic E-state index is 4.57. The van der Waals surface area contributed by atoms with Crippen molar-refractivity contribution >= 4 is 23.4 Å². The van der Waals surface area contributed by atoms with E-state index in [2.05, 4.69) is 97.5 Å². The van der Waals surface area contributed by atoms with Gasteiger partial charge in [0, 0.05) is 51.0 Å². The predicted octanol–water partition coefficient (Wildman–Crippen LogP) is 4.01. The Hall–Kier alpha value is -3.18. The van der Waals surface area contributed by atoms with Crippen molar-refractivity contribution in [1.29, 1.82) is 0 Å². The van der Waals surface area contributed by atoms with Crippen molar-refractivity contribution in [3.05, 3.63) is 84.2 Å². The lowest BCUT2D eigenvalue weighted by Gasteiger charge is -2.35. The molecule has 0 unspecified atom stereocenters. The molecule has 2 aromatic carbocycles. The van der Waals surface area contributed by atoms with Gasteiger partial charge in [0.05, 0.1) is 0 Å². The highest BCUT2D eigenvalue weighted by Crippen LogP contribution is 2.34. The summed E-state index contributed by atoms with van der Waals surface area (Å²) in [5.74, 6) is 2.03. The Morgan fingerprint density at radius 3 is 2.43 bits per heavy atom. The summed E-state index contributed by atoms with van der Waals surface area (Å²) in [7, 11) is 0. The second kappa shape index (κ2) is 8.67. The van der Waals surface area contributed by atoms with E-state index in [1.165, 1.54) is 16.8 Å². The summed E-state index contributed by atoms with van der Waals surface area (Å²) in [6.45, 7) is 6.05. The quantitative estimate of drug-likeness (QED) is 0.650. The van der Waals surface area contributed by atoms with Crippen molar-refractivity contribution in [3.63, 3.8) is 0 Å². The summed E-state index contributed by atoms with van der Waals surface area (Å²) in [6.07, 6.45) is 7.25. The number of aromatic nitrogens is 2. The van der Waals surface area contributed by atoms with E-state index in [0.717, 1.165) is 57.3 Å². The van der Waals surface area contributed by atoms with E-state index in [0.29, 0.717) is 0 Å². The van der Waals surface area contributed by atoms with Crippen molar-refractivity contribution in [3.8, 4) is 0 Å². The summed E-state index contributed by atoms with van der Waals surface area (Å²) < 4.78 is 0. The summed E-state index contributed by atoms with van der Waals surface area (Å²) in [4.78, 5) is 16.3. The molecule has 1 fully saturated rings. The van der Waals surface area contributed by atoms with Gasteiger partial charge >= 0.3 is 0 Å². The maximum Gasteiger partial charge on any atom is 0.138 e. The van der Waals surface area contributed by atoms with Gasteiger partial charge in [0.15, 0.2) is 0 Å². The molecule has 3 heterocycles. The second-order valence-corrected chi connectivity index (χ2v) is 7.87. The number of hydrogen-bond acceptors (Lipinski definition) is 5. The molecular weight excluding hydrogens is 370 g/mol. The molecule has 5 heteroatoms. The lowest BCUT2D eigenvalue weighted by Crippen LogP contribution is -2.46. The third-order valence-electron chi connectivity index (χ3n) is 5.97. The zero-order valence-electron chi connectivity index (χ0n) is 17.2. The Kier molecular flexibility index (Phi) is 5.44. The third kappa shape index (κ3) is 4.07. The van der Waals surface area contributed by atoms with Gasteiger partial charge in [0.1, 0.15) is 18.0 Å². The van der Waals surface area contributed by atoms with Crippen LogP contribution in [-0.4, -0.2) is 54.1 Å². The molecule has 0 bridgehead atoms. The van der Waals surface area contributed by atoms with Crippen LogP contribution in [0.25, 0.3) is 6.08 Å². The highest BCUT2D eigenvalue weighted by molar-refractivity contribution is 5.68. The summed E-state index contributed by atoms with van der Waals surface area (Å²) >= 11 is 0. The van der Waals surface area contributed by atoms with Gasteiger partial charge < -0.3 is 9.80 Å². The molecule has 0 atom stereocenters. The van der Waals surface area contributed by atoms with Gasteiger partial charge in [-0.05, 0) is 23.6 Å². The van der Waals surface area contributed by atoms with Crippen LogP contribution in [0.5, 0.6) is 0 Å². The van der Waals surface area contributed by atoms with Crippen LogP contribution in [0.2, 0.25) is 0 Å². The van der Waals surface area contributed by atoms with Crippen LogP contribution in [0.15, 0.2) is 73.1 Å². The van der Waals surface area contributed by atoms with Crippen LogP contribution < -0.4 is 9.80 Å². The van der Waals surface area contributed by atoms with E-state index < -0.39 is 0 Å². The zero-order valence-corrected chi connectivity index (χ0v) is 17.2. The first-order valence-electron chi connectivity index (χ1n) is 10.7. The van der Waals surface area contributed by atoms with Crippen LogP contribution in [0.4, 0.5) is 17.3 Å². The fourth-order valence-corrected chi connectivity index (χ4v) is 4.30. The van der Waals surface area contributed by atoms with Crippen LogP contribution in [-0.2, 0) is 6.42 Å². The largest absolute Gasteiger partial charge is 0.354 e.